The second-order valence-electron chi connectivity index (χ2n) is 3.92. The number of alkyl halides is 3. The topological polar surface area (TPSA) is 56.6 Å². The van der Waals surface area contributed by atoms with Crippen LogP contribution in [-0.2, 0) is 6.18 Å². The maximum Gasteiger partial charge on any atom is 0.417 e. The number of halogens is 4. The smallest absolute Gasteiger partial charge is 0.321 e. The number of aromatic amines is 1. The molecule has 0 aliphatic heterocycles. The molecule has 1 N–H and O–H groups in total. The van der Waals surface area contributed by atoms with Gasteiger partial charge in [0, 0.05) is 10.2 Å². The number of H-pyrrole nitrogens is 1. The van der Waals surface area contributed by atoms with Crippen molar-refractivity contribution in [3.8, 4) is 17.3 Å². The van der Waals surface area contributed by atoms with Gasteiger partial charge in [-0.2, -0.15) is 18.4 Å². The number of nitrogens with one attached hydrogen (secondary N) is 1. The summed E-state index contributed by atoms with van der Waals surface area (Å²) in [6.07, 6.45) is -4.76. The molecular weight excluding hydrogens is 337 g/mol. The Bertz CT molecular complexity index is 742. The molecule has 0 radical (unpaired) electrons. The summed E-state index contributed by atoms with van der Waals surface area (Å²) in [5, 5.41) is 8.68. The molecule has 0 amide bonds. The zero-order valence-corrected chi connectivity index (χ0v) is 11.3. The minimum atomic E-state index is -4.76. The highest BCUT2D eigenvalue weighted by molar-refractivity contribution is 9.10. The molecule has 0 saturated heterocycles. The van der Waals surface area contributed by atoms with Gasteiger partial charge in [0.05, 0.1) is 5.56 Å². The maximum absolute atomic E-state index is 12.9. The summed E-state index contributed by atoms with van der Waals surface area (Å²) in [7, 11) is 0. The molecule has 0 atom stereocenters. The third-order valence-corrected chi connectivity index (χ3v) is 3.13. The SMILES string of the molecule is N#Cc1c(C(F)(F)F)cc(-c2ccc(Br)cc2)[nH]c1=O. The van der Waals surface area contributed by atoms with Gasteiger partial charge in [-0.15, -0.1) is 0 Å². The number of nitriles is 1. The summed E-state index contributed by atoms with van der Waals surface area (Å²) in [5.41, 5.74) is -2.80. The van der Waals surface area contributed by atoms with Crippen molar-refractivity contribution < 1.29 is 13.2 Å². The lowest BCUT2D eigenvalue weighted by Gasteiger charge is -2.10. The molecular formula is C13H6BrF3N2O. The third kappa shape index (κ3) is 2.75. The first-order valence-corrected chi connectivity index (χ1v) is 6.13. The number of hydrogen-bond acceptors (Lipinski definition) is 2. The van der Waals surface area contributed by atoms with Crippen molar-refractivity contribution in [2.24, 2.45) is 0 Å². The van der Waals surface area contributed by atoms with E-state index in [1.54, 1.807) is 24.3 Å². The third-order valence-electron chi connectivity index (χ3n) is 2.61. The van der Waals surface area contributed by atoms with Crippen molar-refractivity contribution in [2.75, 3.05) is 0 Å². The van der Waals surface area contributed by atoms with Crippen LogP contribution in [0.5, 0.6) is 0 Å². The van der Waals surface area contributed by atoms with Crippen LogP contribution < -0.4 is 5.56 Å². The van der Waals surface area contributed by atoms with Crippen LogP contribution in [0.1, 0.15) is 11.1 Å². The number of nitrogens with zero attached hydrogens (tertiary/aromatic N) is 1. The second-order valence-corrected chi connectivity index (χ2v) is 4.83. The van der Waals surface area contributed by atoms with E-state index in [-0.39, 0.29) is 5.69 Å². The minimum Gasteiger partial charge on any atom is -0.321 e. The average Bonchev–Trinajstić information content (AvgIpc) is 2.37. The molecule has 0 aliphatic rings. The normalized spacial score (nSPS) is 11.2. The van der Waals surface area contributed by atoms with E-state index < -0.39 is 22.9 Å². The largest absolute Gasteiger partial charge is 0.417 e. The first-order valence-electron chi connectivity index (χ1n) is 5.33. The van der Waals surface area contributed by atoms with Crippen molar-refractivity contribution in [3.63, 3.8) is 0 Å². The Labute approximate surface area is 119 Å². The van der Waals surface area contributed by atoms with Crippen LogP contribution in [0.15, 0.2) is 39.6 Å². The first kappa shape index (κ1) is 14.3. The van der Waals surface area contributed by atoms with Gasteiger partial charge in [-0.3, -0.25) is 4.79 Å². The Kier molecular flexibility index (Phi) is 3.68. The average molecular weight is 343 g/mol. The van der Waals surface area contributed by atoms with Crippen LogP contribution in [0.3, 0.4) is 0 Å². The van der Waals surface area contributed by atoms with Gasteiger partial charge in [-0.25, -0.2) is 0 Å². The quantitative estimate of drug-likeness (QED) is 0.859. The molecule has 0 fully saturated rings. The molecule has 0 saturated carbocycles. The van der Waals surface area contributed by atoms with E-state index in [2.05, 4.69) is 20.9 Å². The first-order chi connectivity index (χ1) is 9.32. The summed E-state index contributed by atoms with van der Waals surface area (Å²) in [6, 6.07) is 8.44. The Balaban J connectivity index is 2.69. The monoisotopic (exact) mass is 342 g/mol. The van der Waals surface area contributed by atoms with E-state index >= 15 is 0 Å². The van der Waals surface area contributed by atoms with Crippen LogP contribution >= 0.6 is 15.9 Å². The number of pyridine rings is 1. The lowest BCUT2D eigenvalue weighted by molar-refractivity contribution is -0.137. The fourth-order valence-electron chi connectivity index (χ4n) is 1.68. The van der Waals surface area contributed by atoms with Crippen molar-refractivity contribution in [1.29, 1.82) is 5.26 Å². The number of hydrogen-bond donors (Lipinski definition) is 1. The highest BCUT2D eigenvalue weighted by Gasteiger charge is 2.35. The van der Waals surface area contributed by atoms with Crippen molar-refractivity contribution in [1.82, 2.24) is 4.98 Å². The fraction of sp³-hybridized carbons (Fsp3) is 0.0769. The second kappa shape index (κ2) is 5.13. The molecule has 2 aromatic rings. The molecule has 102 valence electrons. The summed E-state index contributed by atoms with van der Waals surface area (Å²) in [5.74, 6) is 0. The molecule has 20 heavy (non-hydrogen) atoms. The summed E-state index contributed by atoms with van der Waals surface area (Å²) < 4.78 is 39.3. The molecule has 1 aromatic carbocycles. The summed E-state index contributed by atoms with van der Waals surface area (Å²) in [6.45, 7) is 0. The Hall–Kier alpha value is -2.07. The zero-order valence-electron chi connectivity index (χ0n) is 9.75. The molecule has 0 aliphatic carbocycles. The van der Waals surface area contributed by atoms with Crippen LogP contribution in [0.2, 0.25) is 0 Å². The fourth-order valence-corrected chi connectivity index (χ4v) is 1.94. The predicted molar refractivity (Wildman–Crippen MR) is 69.9 cm³/mol. The van der Waals surface area contributed by atoms with Crippen molar-refractivity contribution >= 4 is 15.9 Å². The molecule has 0 bridgehead atoms. The van der Waals surface area contributed by atoms with Gasteiger partial charge in [0.15, 0.2) is 0 Å². The van der Waals surface area contributed by atoms with Gasteiger partial charge >= 0.3 is 6.18 Å². The molecule has 2 rings (SSSR count). The van der Waals surface area contributed by atoms with E-state index in [9.17, 15) is 18.0 Å². The number of benzene rings is 1. The van der Waals surface area contributed by atoms with Gasteiger partial charge in [0.2, 0.25) is 0 Å². The van der Waals surface area contributed by atoms with Gasteiger partial charge in [0.25, 0.3) is 5.56 Å². The zero-order chi connectivity index (χ0) is 14.9. The van der Waals surface area contributed by atoms with Crippen LogP contribution in [-0.4, -0.2) is 4.98 Å². The van der Waals surface area contributed by atoms with E-state index in [1.807, 2.05) is 0 Å². The van der Waals surface area contributed by atoms with Crippen molar-refractivity contribution in [2.45, 2.75) is 6.18 Å². The summed E-state index contributed by atoms with van der Waals surface area (Å²) in [4.78, 5) is 13.9. The lowest BCUT2D eigenvalue weighted by Crippen LogP contribution is -2.19. The molecule has 0 spiro atoms. The molecule has 3 nitrogen and oxygen atoms in total. The van der Waals surface area contributed by atoms with E-state index in [4.69, 9.17) is 5.26 Å². The van der Waals surface area contributed by atoms with Crippen molar-refractivity contribution in [3.05, 3.63) is 56.3 Å². The Morgan fingerprint density at radius 1 is 1.20 bits per heavy atom. The van der Waals surface area contributed by atoms with E-state index in [0.29, 0.717) is 5.56 Å². The van der Waals surface area contributed by atoms with Gasteiger partial charge in [-0.1, -0.05) is 28.1 Å². The van der Waals surface area contributed by atoms with E-state index in [1.165, 1.54) is 6.07 Å². The Morgan fingerprint density at radius 3 is 2.30 bits per heavy atom. The molecule has 7 heteroatoms. The number of aromatic nitrogens is 1. The lowest BCUT2D eigenvalue weighted by atomic mass is 10.1. The Morgan fingerprint density at radius 2 is 1.80 bits per heavy atom. The van der Waals surface area contributed by atoms with Crippen LogP contribution in [0.25, 0.3) is 11.3 Å². The summed E-state index contributed by atoms with van der Waals surface area (Å²) >= 11 is 3.21. The highest BCUT2D eigenvalue weighted by atomic mass is 79.9. The van der Waals surface area contributed by atoms with E-state index in [0.717, 1.165) is 10.5 Å². The van der Waals surface area contributed by atoms with Gasteiger partial charge in [0.1, 0.15) is 11.6 Å². The van der Waals surface area contributed by atoms with Gasteiger partial charge in [-0.05, 0) is 23.8 Å². The standard InChI is InChI=1S/C13H6BrF3N2O/c14-8-3-1-7(2-4-8)11-5-10(13(15,16)17)9(6-18)12(20)19-11/h1-5H,(H,19,20). The van der Waals surface area contributed by atoms with Crippen LogP contribution in [0, 0.1) is 11.3 Å². The van der Waals surface area contributed by atoms with Crippen LogP contribution in [0.4, 0.5) is 13.2 Å². The highest BCUT2D eigenvalue weighted by Crippen LogP contribution is 2.32. The van der Waals surface area contributed by atoms with Gasteiger partial charge < -0.3 is 4.98 Å². The molecule has 1 aromatic heterocycles. The molecule has 1 heterocycles. The maximum atomic E-state index is 12.9. The number of rotatable bonds is 1. The molecule has 0 unspecified atom stereocenters. The minimum absolute atomic E-state index is 0.00817. The predicted octanol–water partition coefficient (Wildman–Crippen LogP) is 3.69.